The van der Waals surface area contributed by atoms with Crippen LogP contribution >= 0.6 is 11.8 Å². The summed E-state index contributed by atoms with van der Waals surface area (Å²) in [5.41, 5.74) is 4.20. The van der Waals surface area contributed by atoms with E-state index >= 15 is 0 Å². The molecule has 2 aromatic heterocycles. The van der Waals surface area contributed by atoms with Gasteiger partial charge in [0.05, 0.1) is 10.6 Å². The lowest BCUT2D eigenvalue weighted by molar-refractivity contribution is -0.385. The first-order valence-electron chi connectivity index (χ1n) is 11.0. The van der Waals surface area contributed by atoms with Crippen LogP contribution in [0.25, 0.3) is 11.0 Å². The van der Waals surface area contributed by atoms with Gasteiger partial charge in [-0.15, -0.1) is 0 Å². The third kappa shape index (κ3) is 4.65. The van der Waals surface area contributed by atoms with E-state index < -0.39 is 4.92 Å². The van der Waals surface area contributed by atoms with Crippen molar-refractivity contribution in [1.82, 2.24) is 14.8 Å². The predicted molar refractivity (Wildman–Crippen MR) is 131 cm³/mol. The molecule has 1 amide bonds. The molecular formula is C25H23N5O3S. The Bertz CT molecular complexity index is 1410. The number of hydrogen-bond donors (Lipinski definition) is 1. The molecule has 1 saturated carbocycles. The lowest BCUT2D eigenvalue weighted by Crippen LogP contribution is -2.20. The van der Waals surface area contributed by atoms with Gasteiger partial charge < -0.3 is 5.32 Å². The molecule has 34 heavy (non-hydrogen) atoms. The molecule has 2 aromatic carbocycles. The molecule has 0 unspecified atom stereocenters. The van der Waals surface area contributed by atoms with Crippen molar-refractivity contribution in [2.24, 2.45) is 0 Å². The first kappa shape index (κ1) is 22.1. The molecule has 1 aliphatic carbocycles. The largest absolute Gasteiger partial charge is 0.324 e. The molecule has 0 bridgehead atoms. The molecule has 0 spiro atoms. The van der Waals surface area contributed by atoms with Crippen molar-refractivity contribution in [3.8, 4) is 0 Å². The Hall–Kier alpha value is -3.72. The van der Waals surface area contributed by atoms with Gasteiger partial charge in [-0.25, -0.2) is 9.67 Å². The number of anilines is 1. The number of rotatable bonds is 7. The van der Waals surface area contributed by atoms with Crippen LogP contribution in [0.15, 0.2) is 64.5 Å². The van der Waals surface area contributed by atoms with Crippen LogP contribution in [0.4, 0.5) is 11.4 Å². The number of nitro groups is 1. The fourth-order valence-corrected chi connectivity index (χ4v) is 4.96. The molecule has 5 rings (SSSR count). The van der Waals surface area contributed by atoms with Gasteiger partial charge in [0.15, 0.2) is 5.65 Å². The zero-order valence-electron chi connectivity index (χ0n) is 18.8. The van der Waals surface area contributed by atoms with Crippen LogP contribution in [-0.4, -0.2) is 25.6 Å². The van der Waals surface area contributed by atoms with Crippen molar-refractivity contribution >= 4 is 40.1 Å². The van der Waals surface area contributed by atoms with Gasteiger partial charge in [-0.1, -0.05) is 29.5 Å². The zero-order valence-corrected chi connectivity index (χ0v) is 19.6. The Balaban J connectivity index is 1.38. The number of carbonyl (C=O) groups excluding carboxylic acids is 1. The average molecular weight is 474 g/mol. The number of amides is 1. The summed E-state index contributed by atoms with van der Waals surface area (Å²) in [7, 11) is 0. The molecule has 1 aliphatic rings. The molecule has 2 heterocycles. The number of carbonyl (C=O) groups is 1. The zero-order chi connectivity index (χ0) is 23.8. The van der Waals surface area contributed by atoms with E-state index in [0.717, 1.165) is 21.5 Å². The Labute approximate surface area is 200 Å². The van der Waals surface area contributed by atoms with E-state index in [9.17, 15) is 14.9 Å². The maximum atomic E-state index is 12.9. The minimum absolute atomic E-state index is 0.0331. The quantitative estimate of drug-likeness (QED) is 0.276. The smallest absolute Gasteiger partial charge is 0.272 e. The average Bonchev–Trinajstić information content (AvgIpc) is 3.60. The number of benzene rings is 2. The Kier molecular flexibility index (Phi) is 5.79. The highest BCUT2D eigenvalue weighted by atomic mass is 32.2. The van der Waals surface area contributed by atoms with Crippen molar-refractivity contribution in [2.45, 2.75) is 48.9 Å². The Morgan fingerprint density at radius 3 is 2.62 bits per heavy atom. The summed E-state index contributed by atoms with van der Waals surface area (Å²) in [5, 5.41) is 19.8. The highest BCUT2D eigenvalue weighted by Gasteiger charge is 2.27. The third-order valence-corrected chi connectivity index (χ3v) is 6.77. The number of nitrogens with zero attached hydrogens (tertiary/aromatic N) is 4. The summed E-state index contributed by atoms with van der Waals surface area (Å²) in [6.45, 7) is 3.90. The molecule has 1 N–H and O–H groups in total. The van der Waals surface area contributed by atoms with Gasteiger partial charge in [-0.05, 0) is 62.4 Å². The van der Waals surface area contributed by atoms with Crippen LogP contribution in [0.3, 0.4) is 0 Å². The standard InChI is InChI=1S/C25H23N5O3S/c1-15-3-7-20(8-4-15)34-21-12-18(11-19(13-21)30(32)33)27-23(31)14-29-25-24(16(2)28-29)22(9-10-26-25)17-5-6-17/h3-4,7-13,17H,5-6,14H2,1-2H3,(H,27,31). The van der Waals surface area contributed by atoms with Gasteiger partial charge >= 0.3 is 0 Å². The number of hydrogen-bond acceptors (Lipinski definition) is 6. The fraction of sp³-hybridized carbons (Fsp3) is 0.240. The number of nitrogens with one attached hydrogen (secondary N) is 1. The van der Waals surface area contributed by atoms with E-state index in [1.807, 2.05) is 44.2 Å². The van der Waals surface area contributed by atoms with Crippen LogP contribution < -0.4 is 5.32 Å². The van der Waals surface area contributed by atoms with Crippen molar-refractivity contribution in [1.29, 1.82) is 0 Å². The number of non-ortho nitro benzene ring substituents is 1. The second-order valence-electron chi connectivity index (χ2n) is 8.55. The van der Waals surface area contributed by atoms with Gasteiger partial charge in [-0.3, -0.25) is 14.9 Å². The van der Waals surface area contributed by atoms with Crippen molar-refractivity contribution < 1.29 is 9.72 Å². The topological polar surface area (TPSA) is 103 Å². The van der Waals surface area contributed by atoms with Crippen molar-refractivity contribution in [3.63, 3.8) is 0 Å². The normalized spacial score (nSPS) is 13.2. The minimum Gasteiger partial charge on any atom is -0.324 e. The van der Waals surface area contributed by atoms with E-state index in [1.54, 1.807) is 16.9 Å². The van der Waals surface area contributed by atoms with E-state index in [1.165, 1.54) is 42.3 Å². The summed E-state index contributed by atoms with van der Waals surface area (Å²) in [5.74, 6) is 0.222. The molecule has 1 fully saturated rings. The number of aromatic nitrogens is 3. The summed E-state index contributed by atoms with van der Waals surface area (Å²) in [4.78, 5) is 30.0. The van der Waals surface area contributed by atoms with E-state index in [0.29, 0.717) is 22.1 Å². The highest BCUT2D eigenvalue weighted by Crippen LogP contribution is 2.43. The van der Waals surface area contributed by atoms with Crippen LogP contribution in [0.1, 0.15) is 35.6 Å². The third-order valence-electron chi connectivity index (χ3n) is 5.79. The number of aryl methyl sites for hydroxylation is 2. The minimum atomic E-state index is -0.456. The second-order valence-corrected chi connectivity index (χ2v) is 9.70. The highest BCUT2D eigenvalue weighted by molar-refractivity contribution is 7.99. The Morgan fingerprint density at radius 2 is 1.91 bits per heavy atom. The SMILES string of the molecule is Cc1ccc(Sc2cc(NC(=O)Cn3nc(C)c4c(C5CC5)ccnc43)cc([N+](=O)[O-])c2)cc1. The molecule has 172 valence electrons. The van der Waals surface area contributed by atoms with Crippen LogP contribution in [0.2, 0.25) is 0 Å². The van der Waals surface area contributed by atoms with Gasteiger partial charge in [0.2, 0.25) is 5.91 Å². The number of fused-ring (bicyclic) bond motifs is 1. The molecular weight excluding hydrogens is 450 g/mol. The van der Waals surface area contributed by atoms with Gasteiger partial charge in [0.1, 0.15) is 6.54 Å². The lowest BCUT2D eigenvalue weighted by atomic mass is 10.1. The molecule has 0 radical (unpaired) electrons. The van der Waals surface area contributed by atoms with Gasteiger partial charge in [-0.2, -0.15) is 5.10 Å². The number of nitro benzene ring substituents is 1. The van der Waals surface area contributed by atoms with Gasteiger partial charge in [0.25, 0.3) is 5.69 Å². The van der Waals surface area contributed by atoms with Crippen LogP contribution in [0.5, 0.6) is 0 Å². The molecule has 8 nitrogen and oxygen atoms in total. The van der Waals surface area contributed by atoms with Crippen molar-refractivity contribution in [3.05, 3.63) is 81.7 Å². The molecule has 0 atom stereocenters. The van der Waals surface area contributed by atoms with Gasteiger partial charge in [0, 0.05) is 39.2 Å². The van der Waals surface area contributed by atoms with E-state index in [4.69, 9.17) is 0 Å². The maximum absolute atomic E-state index is 12.9. The van der Waals surface area contributed by atoms with Crippen LogP contribution in [-0.2, 0) is 11.3 Å². The molecule has 0 aliphatic heterocycles. The summed E-state index contributed by atoms with van der Waals surface area (Å²) in [6.07, 6.45) is 4.10. The van der Waals surface area contributed by atoms with Crippen LogP contribution in [0, 0.1) is 24.0 Å². The maximum Gasteiger partial charge on any atom is 0.272 e. The summed E-state index contributed by atoms with van der Waals surface area (Å²) in [6, 6.07) is 14.6. The lowest BCUT2D eigenvalue weighted by Gasteiger charge is -2.09. The predicted octanol–water partition coefficient (Wildman–Crippen LogP) is 5.62. The van der Waals surface area contributed by atoms with E-state index in [-0.39, 0.29) is 18.1 Å². The molecule has 4 aromatic rings. The number of pyridine rings is 1. The fourth-order valence-electron chi connectivity index (χ4n) is 4.05. The molecule has 0 saturated heterocycles. The monoisotopic (exact) mass is 473 g/mol. The second kappa shape index (κ2) is 8.90. The molecule has 9 heteroatoms. The van der Waals surface area contributed by atoms with E-state index in [2.05, 4.69) is 15.4 Å². The summed E-state index contributed by atoms with van der Waals surface area (Å²) >= 11 is 1.41. The van der Waals surface area contributed by atoms with Crippen molar-refractivity contribution in [2.75, 3.05) is 5.32 Å². The Morgan fingerprint density at radius 1 is 1.15 bits per heavy atom. The first-order chi connectivity index (χ1) is 16.4. The summed E-state index contributed by atoms with van der Waals surface area (Å²) < 4.78 is 1.60. The first-order valence-corrected chi connectivity index (χ1v) is 11.8.